The molecule has 6 heteroatoms. The first kappa shape index (κ1) is 20.3. The van der Waals surface area contributed by atoms with Gasteiger partial charge in [0.15, 0.2) is 17.3 Å². The highest BCUT2D eigenvalue weighted by molar-refractivity contribution is 9.09. The monoisotopic (exact) mass is 446 g/mol. The van der Waals surface area contributed by atoms with E-state index in [0.29, 0.717) is 40.7 Å². The van der Waals surface area contributed by atoms with Gasteiger partial charge >= 0.3 is 0 Å². The lowest BCUT2D eigenvalue weighted by atomic mass is 9.98. The van der Waals surface area contributed by atoms with Gasteiger partial charge in [0, 0.05) is 10.9 Å². The van der Waals surface area contributed by atoms with Crippen LogP contribution >= 0.6 is 15.9 Å². The normalized spacial score (nSPS) is 14.4. The number of halogens is 1. The Morgan fingerprint density at radius 1 is 1.07 bits per heavy atom. The number of fused-ring (bicyclic) bond motifs is 1. The van der Waals surface area contributed by atoms with Crippen LogP contribution in [0.4, 0.5) is 0 Å². The number of hydrogen-bond donors (Lipinski definition) is 0. The molecular formula is C22H23BrO5. The van der Waals surface area contributed by atoms with Gasteiger partial charge in [0.1, 0.15) is 18.1 Å². The van der Waals surface area contributed by atoms with E-state index in [1.165, 1.54) is 0 Å². The van der Waals surface area contributed by atoms with Gasteiger partial charge < -0.3 is 18.9 Å². The van der Waals surface area contributed by atoms with Gasteiger partial charge in [-0.15, -0.1) is 0 Å². The number of carbonyl (C=O) groups is 1. The summed E-state index contributed by atoms with van der Waals surface area (Å²) in [7, 11) is 3.18. The van der Waals surface area contributed by atoms with Gasteiger partial charge in [-0.1, -0.05) is 22.0 Å². The van der Waals surface area contributed by atoms with Gasteiger partial charge in [0.2, 0.25) is 0 Å². The fourth-order valence-electron chi connectivity index (χ4n) is 2.91. The smallest absolute Gasteiger partial charge is 0.196 e. The number of rotatable bonds is 8. The third-order valence-corrected chi connectivity index (χ3v) is 4.98. The Morgan fingerprint density at radius 2 is 1.93 bits per heavy atom. The lowest BCUT2D eigenvalue weighted by Gasteiger charge is -2.19. The highest BCUT2D eigenvalue weighted by atomic mass is 79.9. The summed E-state index contributed by atoms with van der Waals surface area (Å²) in [5.41, 5.74) is 1.94. The molecule has 0 aromatic heterocycles. The van der Waals surface area contributed by atoms with Gasteiger partial charge in [-0.3, -0.25) is 4.79 Å². The zero-order valence-corrected chi connectivity index (χ0v) is 17.6. The van der Waals surface area contributed by atoms with Crippen molar-refractivity contribution >= 4 is 27.8 Å². The lowest BCUT2D eigenvalue weighted by Crippen LogP contribution is -2.19. The van der Waals surface area contributed by atoms with Crippen LogP contribution in [-0.4, -0.2) is 38.5 Å². The molecule has 0 spiro atoms. The highest BCUT2D eigenvalue weighted by Gasteiger charge is 2.24. The van der Waals surface area contributed by atoms with Crippen LogP contribution in [0.2, 0.25) is 0 Å². The van der Waals surface area contributed by atoms with E-state index in [0.717, 1.165) is 23.7 Å². The predicted molar refractivity (Wildman–Crippen MR) is 112 cm³/mol. The second kappa shape index (κ2) is 9.64. The molecule has 0 radical (unpaired) electrons. The third kappa shape index (κ3) is 4.68. The van der Waals surface area contributed by atoms with Gasteiger partial charge in [-0.25, -0.2) is 0 Å². The summed E-state index contributed by atoms with van der Waals surface area (Å²) in [5, 5.41) is 0.963. The van der Waals surface area contributed by atoms with Gasteiger partial charge in [-0.05, 0) is 54.8 Å². The number of ether oxygens (including phenoxy) is 4. The van der Waals surface area contributed by atoms with Gasteiger partial charge in [0.25, 0.3) is 0 Å². The highest BCUT2D eigenvalue weighted by Crippen LogP contribution is 2.33. The Hall–Kier alpha value is -2.47. The molecule has 0 amide bonds. The van der Waals surface area contributed by atoms with Gasteiger partial charge in [0.05, 0.1) is 26.4 Å². The molecule has 2 aromatic rings. The van der Waals surface area contributed by atoms with Crippen molar-refractivity contribution in [2.24, 2.45) is 0 Å². The molecule has 0 bridgehead atoms. The maximum Gasteiger partial charge on any atom is 0.196 e. The summed E-state index contributed by atoms with van der Waals surface area (Å²) in [6.07, 6.45) is 3.84. The molecule has 0 fully saturated rings. The Kier molecular flexibility index (Phi) is 6.98. The van der Waals surface area contributed by atoms with Crippen LogP contribution in [0.5, 0.6) is 23.0 Å². The van der Waals surface area contributed by atoms with E-state index in [1.807, 2.05) is 24.3 Å². The number of Topliss-reactive ketones (excluding diaryl/α,β-unsaturated/α-hetero) is 1. The molecule has 0 unspecified atom stereocenters. The first-order chi connectivity index (χ1) is 13.7. The molecule has 0 atom stereocenters. The Morgan fingerprint density at radius 3 is 2.68 bits per heavy atom. The minimum absolute atomic E-state index is 0.0609. The fraction of sp³-hybridized carbons (Fsp3) is 0.318. The summed E-state index contributed by atoms with van der Waals surface area (Å²) < 4.78 is 22.2. The minimum atomic E-state index is -0.0609. The van der Waals surface area contributed by atoms with Crippen molar-refractivity contribution in [3.05, 3.63) is 53.1 Å². The summed E-state index contributed by atoms with van der Waals surface area (Å²) in [6, 6.07) is 10.9. The zero-order chi connectivity index (χ0) is 19.9. The maximum absolute atomic E-state index is 12.8. The van der Waals surface area contributed by atoms with Crippen molar-refractivity contribution < 1.29 is 23.7 Å². The first-order valence-electron chi connectivity index (χ1n) is 9.09. The molecule has 3 rings (SSSR count). The van der Waals surface area contributed by atoms with E-state index in [1.54, 1.807) is 32.4 Å². The predicted octanol–water partition coefficient (Wildman–Crippen LogP) is 4.92. The van der Waals surface area contributed by atoms with Crippen LogP contribution in [0.1, 0.15) is 28.8 Å². The van der Waals surface area contributed by atoms with E-state index in [2.05, 4.69) is 15.9 Å². The second-order valence-electron chi connectivity index (χ2n) is 6.30. The molecule has 0 N–H and O–H groups in total. The maximum atomic E-state index is 12.8. The van der Waals surface area contributed by atoms with Crippen LogP contribution in [0.3, 0.4) is 0 Å². The van der Waals surface area contributed by atoms with Crippen LogP contribution in [0.25, 0.3) is 6.08 Å². The molecule has 0 aliphatic carbocycles. The zero-order valence-electron chi connectivity index (χ0n) is 16.0. The molecule has 0 saturated heterocycles. The molecular weight excluding hydrogens is 424 g/mol. The average Bonchev–Trinajstić information content (AvgIpc) is 2.73. The number of ketones is 1. The Bertz CT molecular complexity index is 875. The van der Waals surface area contributed by atoms with Crippen molar-refractivity contribution in [2.45, 2.75) is 12.8 Å². The molecule has 1 heterocycles. The summed E-state index contributed by atoms with van der Waals surface area (Å²) in [4.78, 5) is 12.8. The minimum Gasteiger partial charge on any atom is -0.497 e. The SMILES string of the molecule is COc1ccc2c(c1)C(=O)C(=Cc1ccc(OCCCCBr)c(OC)c1)CO2. The van der Waals surface area contributed by atoms with E-state index in [9.17, 15) is 4.79 Å². The fourth-order valence-corrected chi connectivity index (χ4v) is 3.31. The lowest BCUT2D eigenvalue weighted by molar-refractivity contribution is 0.100. The van der Waals surface area contributed by atoms with Gasteiger partial charge in [-0.2, -0.15) is 0 Å². The van der Waals surface area contributed by atoms with Crippen LogP contribution in [0, 0.1) is 0 Å². The number of alkyl halides is 1. The van der Waals surface area contributed by atoms with E-state index in [4.69, 9.17) is 18.9 Å². The number of carbonyl (C=O) groups excluding carboxylic acids is 1. The standard InChI is InChI=1S/C22H23BrO5/c1-25-17-6-8-19-18(13-17)22(24)16(14-28-19)11-15-5-7-20(21(12-15)26-2)27-10-4-3-9-23/h5-8,11-13H,3-4,9-10,14H2,1-2H3. The average molecular weight is 447 g/mol. The Balaban J connectivity index is 1.80. The number of benzene rings is 2. The number of methoxy groups -OCH3 is 2. The first-order valence-corrected chi connectivity index (χ1v) is 10.2. The quantitative estimate of drug-likeness (QED) is 0.327. The second-order valence-corrected chi connectivity index (χ2v) is 7.10. The summed E-state index contributed by atoms with van der Waals surface area (Å²) in [5.74, 6) is 2.47. The molecule has 2 aromatic carbocycles. The largest absolute Gasteiger partial charge is 0.497 e. The topological polar surface area (TPSA) is 54.0 Å². The van der Waals surface area contributed by atoms with Crippen molar-refractivity contribution in [3.8, 4) is 23.0 Å². The summed E-state index contributed by atoms with van der Waals surface area (Å²) in [6.45, 7) is 0.860. The molecule has 5 nitrogen and oxygen atoms in total. The molecule has 1 aliphatic rings. The van der Waals surface area contributed by atoms with Crippen LogP contribution in [-0.2, 0) is 0 Å². The summed E-state index contributed by atoms with van der Waals surface area (Å²) >= 11 is 3.41. The van der Waals surface area contributed by atoms with Crippen molar-refractivity contribution in [3.63, 3.8) is 0 Å². The molecule has 1 aliphatic heterocycles. The van der Waals surface area contributed by atoms with E-state index >= 15 is 0 Å². The third-order valence-electron chi connectivity index (χ3n) is 4.42. The molecule has 28 heavy (non-hydrogen) atoms. The molecule has 0 saturated carbocycles. The van der Waals surface area contributed by atoms with Crippen molar-refractivity contribution in [1.29, 1.82) is 0 Å². The van der Waals surface area contributed by atoms with Crippen LogP contribution < -0.4 is 18.9 Å². The van der Waals surface area contributed by atoms with E-state index in [-0.39, 0.29) is 12.4 Å². The molecule has 148 valence electrons. The Labute approximate surface area is 173 Å². The number of unbranched alkanes of at least 4 members (excludes halogenated alkanes) is 1. The van der Waals surface area contributed by atoms with E-state index < -0.39 is 0 Å². The van der Waals surface area contributed by atoms with Crippen molar-refractivity contribution in [1.82, 2.24) is 0 Å². The van der Waals surface area contributed by atoms with Crippen LogP contribution in [0.15, 0.2) is 42.0 Å². The number of hydrogen-bond acceptors (Lipinski definition) is 5. The van der Waals surface area contributed by atoms with Crippen molar-refractivity contribution in [2.75, 3.05) is 32.8 Å².